The van der Waals surface area contributed by atoms with Crippen molar-refractivity contribution in [3.8, 4) is 5.75 Å². The average Bonchev–Trinajstić information content (AvgIpc) is 2.83. The van der Waals surface area contributed by atoms with Crippen molar-refractivity contribution in [3.63, 3.8) is 0 Å². The van der Waals surface area contributed by atoms with E-state index in [2.05, 4.69) is 16.0 Å². The topological polar surface area (TPSA) is 140 Å². The summed E-state index contributed by atoms with van der Waals surface area (Å²) in [6, 6.07) is 10.3. The highest BCUT2D eigenvalue weighted by Gasteiger charge is 2.39. The molecule has 0 aromatic heterocycles. The van der Waals surface area contributed by atoms with E-state index in [9.17, 15) is 22.8 Å². The molecule has 1 aliphatic rings. The molecule has 0 spiro atoms. The molecule has 0 bridgehead atoms. The first kappa shape index (κ1) is 26.8. The fourth-order valence-electron chi connectivity index (χ4n) is 3.21. The molecular formula is C22H24ClN3O7S2. The lowest BCUT2D eigenvalue weighted by Gasteiger charge is -2.29. The zero-order chi connectivity index (χ0) is 25.6. The summed E-state index contributed by atoms with van der Waals surface area (Å²) >= 11 is 7.12. The van der Waals surface area contributed by atoms with Crippen LogP contribution >= 0.6 is 23.4 Å². The van der Waals surface area contributed by atoms with Gasteiger partial charge in [-0.05, 0) is 43.3 Å². The van der Waals surface area contributed by atoms with Crippen molar-refractivity contribution in [1.82, 2.24) is 10.6 Å². The normalized spacial score (nSPS) is 17.9. The number of thioether (sulfide) groups is 1. The van der Waals surface area contributed by atoms with Crippen molar-refractivity contribution in [2.45, 2.75) is 22.6 Å². The van der Waals surface area contributed by atoms with Gasteiger partial charge in [0.1, 0.15) is 11.2 Å². The van der Waals surface area contributed by atoms with Crippen molar-refractivity contribution < 1.29 is 32.3 Å². The van der Waals surface area contributed by atoms with E-state index in [-0.39, 0.29) is 34.7 Å². The fourth-order valence-corrected chi connectivity index (χ4v) is 5.87. The van der Waals surface area contributed by atoms with Gasteiger partial charge >= 0.3 is 5.97 Å². The smallest absolute Gasteiger partial charge is 0.338 e. The monoisotopic (exact) mass is 541 g/mol. The van der Waals surface area contributed by atoms with Crippen molar-refractivity contribution in [1.29, 1.82) is 0 Å². The van der Waals surface area contributed by atoms with Crippen LogP contribution in [-0.2, 0) is 24.2 Å². The van der Waals surface area contributed by atoms with E-state index < -0.39 is 32.5 Å². The maximum absolute atomic E-state index is 12.9. The Morgan fingerprint density at radius 1 is 1.23 bits per heavy atom. The molecule has 13 heteroatoms. The van der Waals surface area contributed by atoms with Crippen molar-refractivity contribution >= 4 is 56.7 Å². The third kappa shape index (κ3) is 6.66. The van der Waals surface area contributed by atoms with Gasteiger partial charge < -0.3 is 20.1 Å². The van der Waals surface area contributed by atoms with E-state index >= 15 is 0 Å². The lowest BCUT2D eigenvalue weighted by molar-refractivity contribution is -0.122. The van der Waals surface area contributed by atoms with Crippen LogP contribution in [0.15, 0.2) is 47.4 Å². The summed E-state index contributed by atoms with van der Waals surface area (Å²) in [7, 11) is -2.60. The first-order valence-electron chi connectivity index (χ1n) is 10.5. The van der Waals surface area contributed by atoms with Crippen molar-refractivity contribution in [3.05, 3.63) is 53.1 Å². The van der Waals surface area contributed by atoms with Gasteiger partial charge in [-0.2, -0.15) is 0 Å². The molecule has 1 aliphatic heterocycles. The third-order valence-electron chi connectivity index (χ3n) is 4.92. The van der Waals surface area contributed by atoms with E-state index in [1.54, 1.807) is 25.1 Å². The Kier molecular flexibility index (Phi) is 9.00. The number of amides is 2. The highest BCUT2D eigenvalue weighted by atomic mass is 35.5. The second kappa shape index (κ2) is 11.8. The van der Waals surface area contributed by atoms with Gasteiger partial charge in [-0.25, -0.2) is 13.2 Å². The summed E-state index contributed by atoms with van der Waals surface area (Å²) in [6.45, 7) is 1.80. The summed E-state index contributed by atoms with van der Waals surface area (Å²) in [5, 5.41) is 6.92. The molecule has 2 aromatic carbocycles. The Balaban J connectivity index is 1.54. The number of nitrogens with one attached hydrogen (secondary N) is 3. The predicted octanol–water partition coefficient (Wildman–Crippen LogP) is 2.04. The summed E-state index contributed by atoms with van der Waals surface area (Å²) in [5.74, 6) is -1.26. The molecule has 0 aliphatic carbocycles. The molecule has 2 unspecified atom stereocenters. The summed E-state index contributed by atoms with van der Waals surface area (Å²) in [5.41, 5.74) is 0.0695. The van der Waals surface area contributed by atoms with Gasteiger partial charge in [-0.15, -0.1) is 11.8 Å². The number of anilines is 1. The van der Waals surface area contributed by atoms with Gasteiger partial charge in [-0.3, -0.25) is 14.9 Å². The molecule has 2 aromatic rings. The minimum atomic E-state index is -4.01. The van der Waals surface area contributed by atoms with Crippen LogP contribution in [0.2, 0.25) is 5.02 Å². The number of sulfone groups is 1. The number of methoxy groups -OCH3 is 1. The van der Waals surface area contributed by atoms with Crippen LogP contribution in [0.1, 0.15) is 17.3 Å². The predicted molar refractivity (Wildman–Crippen MR) is 132 cm³/mol. The standard InChI is InChI=1S/C22H24ClN3O7S2/c1-3-33-21(29)13-5-4-6-14(9-13)25-19(27)12-34-22-24-11-18(20(28)26-22)35(30,31)15-7-8-17(32-2)16(23)10-15/h4-10,18,22,24H,3,11-12H2,1-2H3,(H,25,27)(H,26,28). The first-order chi connectivity index (χ1) is 16.6. The van der Waals surface area contributed by atoms with Crippen molar-refractivity contribution in [2.75, 3.05) is 31.3 Å². The number of benzene rings is 2. The average molecular weight is 542 g/mol. The van der Waals surface area contributed by atoms with Gasteiger partial charge in [0.2, 0.25) is 11.8 Å². The van der Waals surface area contributed by atoms with Gasteiger partial charge in [0.25, 0.3) is 0 Å². The maximum atomic E-state index is 12.9. The molecule has 0 saturated carbocycles. The Morgan fingerprint density at radius 2 is 2.00 bits per heavy atom. The van der Waals surface area contributed by atoms with Crippen LogP contribution in [-0.4, -0.2) is 63.0 Å². The summed E-state index contributed by atoms with van der Waals surface area (Å²) < 4.78 is 35.8. The molecule has 3 rings (SSSR count). The second-order valence-corrected chi connectivity index (χ2v) is 10.9. The Hall–Kier alpha value is -2.80. The molecule has 1 saturated heterocycles. The van der Waals surface area contributed by atoms with E-state index in [1.165, 1.54) is 31.4 Å². The van der Waals surface area contributed by atoms with Crippen LogP contribution in [0.25, 0.3) is 0 Å². The Bertz CT molecular complexity index is 1220. The minimum absolute atomic E-state index is 0.0346. The molecule has 10 nitrogen and oxygen atoms in total. The summed E-state index contributed by atoms with van der Waals surface area (Å²) in [4.78, 5) is 36.6. The van der Waals surface area contributed by atoms with Gasteiger partial charge in [0.15, 0.2) is 15.1 Å². The summed E-state index contributed by atoms with van der Waals surface area (Å²) in [6.07, 6.45) is 0. The van der Waals surface area contributed by atoms with Gasteiger partial charge in [0.05, 0.1) is 35.0 Å². The molecule has 0 radical (unpaired) electrons. The molecule has 1 heterocycles. The number of halogens is 1. The zero-order valence-electron chi connectivity index (χ0n) is 18.9. The highest BCUT2D eigenvalue weighted by Crippen LogP contribution is 2.29. The van der Waals surface area contributed by atoms with Crippen LogP contribution in [0.3, 0.4) is 0 Å². The molecule has 3 N–H and O–H groups in total. The number of hydrogen-bond acceptors (Lipinski definition) is 9. The quantitative estimate of drug-likeness (QED) is 0.407. The molecule has 2 amide bonds. The highest BCUT2D eigenvalue weighted by molar-refractivity contribution is 8.00. The maximum Gasteiger partial charge on any atom is 0.338 e. The number of hydrogen-bond donors (Lipinski definition) is 3. The van der Waals surface area contributed by atoms with E-state index in [1.807, 2.05) is 0 Å². The van der Waals surface area contributed by atoms with Crippen LogP contribution in [0, 0.1) is 0 Å². The van der Waals surface area contributed by atoms with E-state index in [0.717, 1.165) is 11.8 Å². The van der Waals surface area contributed by atoms with Gasteiger partial charge in [-0.1, -0.05) is 17.7 Å². The van der Waals surface area contributed by atoms with Crippen LogP contribution in [0.4, 0.5) is 5.69 Å². The molecule has 188 valence electrons. The molecule has 1 fully saturated rings. The lowest BCUT2D eigenvalue weighted by Crippen LogP contribution is -2.59. The third-order valence-corrected chi connectivity index (χ3v) is 8.30. The van der Waals surface area contributed by atoms with Gasteiger partial charge in [0, 0.05) is 12.2 Å². The Labute approximate surface area is 212 Å². The molecular weight excluding hydrogens is 518 g/mol. The van der Waals surface area contributed by atoms with Crippen LogP contribution < -0.4 is 20.7 Å². The SMILES string of the molecule is CCOC(=O)c1cccc(NC(=O)CSC2NCC(S(=O)(=O)c3ccc(OC)c(Cl)c3)C(=O)N2)c1. The van der Waals surface area contributed by atoms with Crippen LogP contribution in [0.5, 0.6) is 5.75 Å². The number of carbonyl (C=O) groups excluding carboxylic acids is 3. The number of carbonyl (C=O) groups is 3. The van der Waals surface area contributed by atoms with Crippen molar-refractivity contribution in [2.24, 2.45) is 0 Å². The lowest BCUT2D eigenvalue weighted by atomic mass is 10.2. The molecule has 35 heavy (non-hydrogen) atoms. The number of ether oxygens (including phenoxy) is 2. The number of esters is 1. The van der Waals surface area contributed by atoms with E-state index in [0.29, 0.717) is 17.0 Å². The fraction of sp³-hybridized carbons (Fsp3) is 0.318. The molecule has 2 atom stereocenters. The minimum Gasteiger partial charge on any atom is -0.495 e. The largest absolute Gasteiger partial charge is 0.495 e. The number of rotatable bonds is 9. The second-order valence-electron chi connectivity index (χ2n) is 7.29. The van der Waals surface area contributed by atoms with E-state index in [4.69, 9.17) is 21.1 Å². The Morgan fingerprint density at radius 3 is 2.66 bits per heavy atom. The zero-order valence-corrected chi connectivity index (χ0v) is 21.3. The first-order valence-corrected chi connectivity index (χ1v) is 13.4.